The molecule has 0 N–H and O–H groups in total. The van der Waals surface area contributed by atoms with E-state index in [2.05, 4.69) is 0 Å². The molecule has 1 aliphatic carbocycles. The van der Waals surface area contributed by atoms with Gasteiger partial charge in [-0.1, -0.05) is 35.9 Å². The largest absolute Gasteiger partial charge is 0.298 e. The highest BCUT2D eigenvalue weighted by molar-refractivity contribution is 5.78. The highest BCUT2D eigenvalue weighted by Gasteiger charge is 2.28. The van der Waals surface area contributed by atoms with E-state index in [-0.39, 0.29) is 11.5 Å². The number of nitro groups is 1. The number of allylic oxidation sites excluding steroid dienone is 1. The van der Waals surface area contributed by atoms with Crippen molar-refractivity contribution >= 4 is 6.29 Å². The lowest BCUT2D eigenvalue weighted by atomic mass is 9.91. The van der Waals surface area contributed by atoms with E-state index in [4.69, 9.17) is 0 Å². The maximum atomic E-state index is 11.1. The monoisotopic (exact) mass is 231 g/mol. The van der Waals surface area contributed by atoms with Gasteiger partial charge in [-0.25, -0.2) is 0 Å². The highest BCUT2D eigenvalue weighted by atomic mass is 16.6. The Labute approximate surface area is 99.1 Å². The van der Waals surface area contributed by atoms with Crippen LogP contribution in [0.2, 0.25) is 0 Å². The van der Waals surface area contributed by atoms with Gasteiger partial charge in [-0.3, -0.25) is 14.9 Å². The molecule has 0 radical (unpaired) electrons. The Morgan fingerprint density at radius 1 is 1.35 bits per heavy atom. The Hall–Kier alpha value is -1.97. The third kappa shape index (κ3) is 2.78. The lowest BCUT2D eigenvalue weighted by molar-refractivity contribution is -0.481. The summed E-state index contributed by atoms with van der Waals surface area (Å²) in [6, 6.07) is 9.20. The van der Waals surface area contributed by atoms with Gasteiger partial charge >= 0.3 is 0 Å². The van der Waals surface area contributed by atoms with Crippen molar-refractivity contribution in [1.82, 2.24) is 0 Å². The number of nitrogens with zero attached hydrogens (tertiary/aromatic N) is 1. The molecule has 17 heavy (non-hydrogen) atoms. The van der Waals surface area contributed by atoms with Crippen LogP contribution < -0.4 is 0 Å². The van der Waals surface area contributed by atoms with Gasteiger partial charge in [0.05, 0.1) is 5.92 Å². The molecule has 1 saturated carbocycles. The van der Waals surface area contributed by atoms with E-state index < -0.39 is 5.92 Å². The van der Waals surface area contributed by atoms with E-state index in [1.807, 2.05) is 30.3 Å². The second-order valence-corrected chi connectivity index (χ2v) is 4.16. The second-order valence-electron chi connectivity index (χ2n) is 4.16. The van der Waals surface area contributed by atoms with Crippen LogP contribution in [0.1, 0.15) is 24.3 Å². The molecule has 1 aromatic rings. The van der Waals surface area contributed by atoms with Crippen LogP contribution in [0.25, 0.3) is 0 Å². The molecule has 1 fully saturated rings. The summed E-state index contributed by atoms with van der Waals surface area (Å²) < 4.78 is 0. The predicted molar refractivity (Wildman–Crippen MR) is 63.4 cm³/mol. The van der Waals surface area contributed by atoms with Crippen LogP contribution in [0.3, 0.4) is 0 Å². The molecular weight excluding hydrogens is 218 g/mol. The summed E-state index contributed by atoms with van der Waals surface area (Å²) >= 11 is 0. The van der Waals surface area contributed by atoms with Gasteiger partial charge < -0.3 is 0 Å². The topological polar surface area (TPSA) is 60.2 Å². The lowest BCUT2D eigenvalue weighted by Gasteiger charge is -2.13. The average Bonchev–Trinajstić information content (AvgIpc) is 3.14. The first-order valence-corrected chi connectivity index (χ1v) is 5.56. The molecule has 0 spiro atoms. The minimum absolute atomic E-state index is 0.221. The number of aldehydes is 1. The fraction of sp³-hybridized carbons (Fsp3) is 0.308. The van der Waals surface area contributed by atoms with Crippen LogP contribution in [0.15, 0.2) is 41.5 Å². The van der Waals surface area contributed by atoms with Crippen LogP contribution >= 0.6 is 0 Å². The van der Waals surface area contributed by atoms with Crippen molar-refractivity contribution in [2.75, 3.05) is 6.54 Å². The first kappa shape index (κ1) is 11.5. The van der Waals surface area contributed by atoms with Gasteiger partial charge in [0.1, 0.15) is 6.29 Å². The van der Waals surface area contributed by atoms with Gasteiger partial charge in [-0.15, -0.1) is 0 Å². The van der Waals surface area contributed by atoms with Crippen LogP contribution in [-0.2, 0) is 4.79 Å². The van der Waals surface area contributed by atoms with Crippen molar-refractivity contribution in [2.24, 2.45) is 0 Å². The van der Waals surface area contributed by atoms with E-state index in [9.17, 15) is 14.9 Å². The van der Waals surface area contributed by atoms with Crippen molar-refractivity contribution in [3.05, 3.63) is 57.2 Å². The molecule has 1 atom stereocenters. The first-order valence-electron chi connectivity index (χ1n) is 5.56. The van der Waals surface area contributed by atoms with E-state index in [1.54, 1.807) is 0 Å². The van der Waals surface area contributed by atoms with Crippen molar-refractivity contribution < 1.29 is 9.72 Å². The van der Waals surface area contributed by atoms with Crippen LogP contribution in [0.4, 0.5) is 0 Å². The normalized spacial score (nSPS) is 15.2. The molecule has 4 nitrogen and oxygen atoms in total. The smallest absolute Gasteiger partial charge is 0.214 e. The molecule has 0 aromatic heterocycles. The Bertz CT molecular complexity index is 459. The van der Waals surface area contributed by atoms with E-state index in [0.29, 0.717) is 5.57 Å². The summed E-state index contributed by atoms with van der Waals surface area (Å²) in [5.74, 6) is -0.402. The number of benzene rings is 1. The number of hydrogen-bond donors (Lipinski definition) is 0. The third-order valence-electron chi connectivity index (χ3n) is 2.94. The van der Waals surface area contributed by atoms with Crippen molar-refractivity contribution in [1.29, 1.82) is 0 Å². The maximum Gasteiger partial charge on any atom is 0.214 e. The molecule has 1 aromatic carbocycles. The lowest BCUT2D eigenvalue weighted by Crippen LogP contribution is -2.15. The Kier molecular flexibility index (Phi) is 3.32. The van der Waals surface area contributed by atoms with Crippen LogP contribution in [-0.4, -0.2) is 17.8 Å². The summed E-state index contributed by atoms with van der Waals surface area (Å²) in [6.07, 6.45) is 2.58. The molecule has 0 bridgehead atoms. The Balaban J connectivity index is 2.35. The summed E-state index contributed by atoms with van der Waals surface area (Å²) in [7, 11) is 0. The third-order valence-corrected chi connectivity index (χ3v) is 2.94. The molecule has 0 heterocycles. The SMILES string of the molecule is O=CC(=C1CC1)C(C[N+](=O)[O-])c1ccccc1. The average molecular weight is 231 g/mol. The van der Waals surface area contributed by atoms with Gasteiger partial charge in [0.15, 0.2) is 0 Å². The predicted octanol–water partition coefficient (Wildman–Crippen LogP) is 2.34. The maximum absolute atomic E-state index is 11.1. The summed E-state index contributed by atoms with van der Waals surface area (Å²) in [5, 5.41) is 10.7. The molecule has 1 aliphatic rings. The Morgan fingerprint density at radius 2 is 2.00 bits per heavy atom. The van der Waals surface area contributed by atoms with Gasteiger partial charge in [0.25, 0.3) is 0 Å². The molecule has 0 amide bonds. The minimum Gasteiger partial charge on any atom is -0.298 e. The minimum atomic E-state index is -0.402. The molecular formula is C13H13NO3. The summed E-state index contributed by atoms with van der Waals surface area (Å²) in [6.45, 7) is -0.221. The van der Waals surface area contributed by atoms with Crippen LogP contribution in [0.5, 0.6) is 0 Å². The highest BCUT2D eigenvalue weighted by Crippen LogP contribution is 2.37. The number of hydrogen-bond acceptors (Lipinski definition) is 3. The molecule has 4 heteroatoms. The van der Waals surface area contributed by atoms with E-state index in [1.165, 1.54) is 0 Å². The molecule has 0 aliphatic heterocycles. The molecule has 2 rings (SSSR count). The Morgan fingerprint density at radius 3 is 2.47 bits per heavy atom. The fourth-order valence-electron chi connectivity index (χ4n) is 1.98. The summed E-state index contributed by atoms with van der Waals surface area (Å²) in [4.78, 5) is 21.5. The quantitative estimate of drug-likeness (QED) is 0.338. The molecule has 88 valence electrons. The second kappa shape index (κ2) is 4.91. The zero-order chi connectivity index (χ0) is 12.3. The standard InChI is InChI=1S/C13H13NO3/c15-9-13(11-6-7-11)12(8-14(16)17)10-4-2-1-3-5-10/h1-5,9,12H,6-8H2. The fourth-order valence-corrected chi connectivity index (χ4v) is 1.98. The zero-order valence-electron chi connectivity index (χ0n) is 9.33. The molecule has 0 saturated heterocycles. The molecule has 1 unspecified atom stereocenters. The van der Waals surface area contributed by atoms with Gasteiger partial charge in [0.2, 0.25) is 6.54 Å². The van der Waals surface area contributed by atoms with E-state index >= 15 is 0 Å². The summed E-state index contributed by atoms with van der Waals surface area (Å²) in [5.41, 5.74) is 2.51. The number of carbonyl (C=O) groups excluding carboxylic acids is 1. The van der Waals surface area contributed by atoms with Gasteiger partial charge in [0, 0.05) is 10.5 Å². The van der Waals surface area contributed by atoms with E-state index in [0.717, 1.165) is 30.3 Å². The first-order chi connectivity index (χ1) is 8.22. The van der Waals surface area contributed by atoms with Gasteiger partial charge in [-0.2, -0.15) is 0 Å². The van der Waals surface area contributed by atoms with Crippen molar-refractivity contribution in [3.63, 3.8) is 0 Å². The van der Waals surface area contributed by atoms with Gasteiger partial charge in [-0.05, 0) is 18.4 Å². The van der Waals surface area contributed by atoms with Crippen molar-refractivity contribution in [2.45, 2.75) is 18.8 Å². The number of rotatable bonds is 5. The zero-order valence-corrected chi connectivity index (χ0v) is 9.33. The number of carbonyl (C=O) groups is 1. The van der Waals surface area contributed by atoms with Crippen LogP contribution in [0, 0.1) is 10.1 Å². The van der Waals surface area contributed by atoms with Crippen molar-refractivity contribution in [3.8, 4) is 0 Å².